The molecule has 1 aromatic carbocycles. The molecule has 144 valence electrons. The lowest BCUT2D eigenvalue weighted by Gasteiger charge is -2.54. The Morgan fingerprint density at radius 1 is 1.00 bits per heavy atom. The SMILES string of the molecule is O=C1C=CC(=O)N1C1CC2(CCN(c3ccc(OS(=O)(=O)F)cc3)CC2)C1. The molecule has 1 saturated heterocycles. The second-order valence-electron chi connectivity index (χ2n) is 7.40. The molecule has 0 unspecified atom stereocenters. The smallest absolute Gasteiger partial charge is 0.371 e. The molecule has 2 heterocycles. The molecule has 2 fully saturated rings. The molecule has 9 heteroatoms. The van der Waals surface area contributed by atoms with Gasteiger partial charge in [-0.25, -0.2) is 0 Å². The third-order valence-electron chi connectivity index (χ3n) is 5.77. The van der Waals surface area contributed by atoms with E-state index in [4.69, 9.17) is 0 Å². The molecule has 2 amide bonds. The number of hydrogen-bond acceptors (Lipinski definition) is 6. The summed E-state index contributed by atoms with van der Waals surface area (Å²) < 4.78 is 37.8. The fourth-order valence-corrected chi connectivity index (χ4v) is 4.71. The van der Waals surface area contributed by atoms with Crippen LogP contribution < -0.4 is 9.08 Å². The van der Waals surface area contributed by atoms with Gasteiger partial charge in [-0.2, -0.15) is 8.42 Å². The molecule has 7 nitrogen and oxygen atoms in total. The van der Waals surface area contributed by atoms with Crippen molar-refractivity contribution in [1.82, 2.24) is 4.90 Å². The van der Waals surface area contributed by atoms with Crippen LogP contribution in [0.15, 0.2) is 36.4 Å². The zero-order valence-corrected chi connectivity index (χ0v) is 15.3. The van der Waals surface area contributed by atoms with E-state index in [9.17, 15) is 21.9 Å². The molecular weight excluding hydrogens is 375 g/mol. The molecule has 0 N–H and O–H groups in total. The highest BCUT2D eigenvalue weighted by molar-refractivity contribution is 7.81. The zero-order valence-electron chi connectivity index (χ0n) is 14.5. The molecule has 2 aliphatic heterocycles. The van der Waals surface area contributed by atoms with Gasteiger partial charge in [-0.15, -0.1) is 0 Å². The molecule has 4 rings (SSSR count). The van der Waals surface area contributed by atoms with Gasteiger partial charge in [0.2, 0.25) is 0 Å². The Kier molecular flexibility index (Phi) is 4.21. The van der Waals surface area contributed by atoms with E-state index in [1.165, 1.54) is 29.2 Å². The van der Waals surface area contributed by atoms with Crippen LogP contribution in [-0.4, -0.2) is 44.3 Å². The van der Waals surface area contributed by atoms with Crippen LogP contribution in [0.4, 0.5) is 9.57 Å². The highest BCUT2D eigenvalue weighted by Crippen LogP contribution is 2.51. The summed E-state index contributed by atoms with van der Waals surface area (Å²) in [5.41, 5.74) is 1.09. The number of halogens is 1. The van der Waals surface area contributed by atoms with Gasteiger partial charge in [0.25, 0.3) is 11.8 Å². The lowest BCUT2D eigenvalue weighted by Crippen LogP contribution is -2.56. The summed E-state index contributed by atoms with van der Waals surface area (Å²) in [6.45, 7) is 1.66. The van der Waals surface area contributed by atoms with Crippen molar-refractivity contribution < 1.29 is 26.1 Å². The molecule has 1 aromatic rings. The minimum Gasteiger partial charge on any atom is -0.371 e. The Balaban J connectivity index is 1.32. The maximum atomic E-state index is 12.5. The maximum Gasteiger partial charge on any atom is 0.488 e. The van der Waals surface area contributed by atoms with Gasteiger partial charge in [-0.05, 0) is 55.4 Å². The van der Waals surface area contributed by atoms with E-state index in [1.54, 1.807) is 12.1 Å². The van der Waals surface area contributed by atoms with E-state index in [0.29, 0.717) is 0 Å². The Hall–Kier alpha value is -2.42. The van der Waals surface area contributed by atoms with Crippen molar-refractivity contribution in [1.29, 1.82) is 0 Å². The molecule has 1 saturated carbocycles. The van der Waals surface area contributed by atoms with Crippen molar-refractivity contribution >= 4 is 28.0 Å². The van der Waals surface area contributed by atoms with Crippen molar-refractivity contribution in [3.63, 3.8) is 0 Å². The fraction of sp³-hybridized carbons (Fsp3) is 0.444. The second-order valence-corrected chi connectivity index (χ2v) is 8.35. The highest BCUT2D eigenvalue weighted by Gasteiger charge is 2.50. The van der Waals surface area contributed by atoms with Crippen LogP contribution in [0, 0.1) is 5.41 Å². The van der Waals surface area contributed by atoms with E-state index in [2.05, 4.69) is 9.08 Å². The zero-order chi connectivity index (χ0) is 19.2. The molecule has 0 bridgehead atoms. The average molecular weight is 394 g/mol. The van der Waals surface area contributed by atoms with Crippen LogP contribution in [0.2, 0.25) is 0 Å². The number of rotatable bonds is 4. The number of carbonyl (C=O) groups excluding carboxylic acids is 2. The minimum absolute atomic E-state index is 0.00521. The van der Waals surface area contributed by atoms with E-state index >= 15 is 0 Å². The summed E-state index contributed by atoms with van der Waals surface area (Å²) >= 11 is 0. The lowest BCUT2D eigenvalue weighted by atomic mass is 9.60. The van der Waals surface area contributed by atoms with Crippen molar-refractivity contribution in [3.8, 4) is 5.75 Å². The van der Waals surface area contributed by atoms with Crippen molar-refractivity contribution in [2.75, 3.05) is 18.0 Å². The van der Waals surface area contributed by atoms with E-state index in [-0.39, 0.29) is 29.0 Å². The number of hydrogen-bond donors (Lipinski definition) is 0. The Morgan fingerprint density at radius 2 is 1.56 bits per heavy atom. The van der Waals surface area contributed by atoms with Crippen LogP contribution in [0.25, 0.3) is 0 Å². The highest BCUT2D eigenvalue weighted by atomic mass is 32.3. The summed E-state index contributed by atoms with van der Waals surface area (Å²) in [7, 11) is -5.02. The Morgan fingerprint density at radius 3 is 2.07 bits per heavy atom. The molecule has 0 aromatic heterocycles. The van der Waals surface area contributed by atoms with E-state index < -0.39 is 10.5 Å². The van der Waals surface area contributed by atoms with Crippen LogP contribution in [0.1, 0.15) is 25.7 Å². The van der Waals surface area contributed by atoms with E-state index in [0.717, 1.165) is 44.5 Å². The van der Waals surface area contributed by atoms with Crippen LogP contribution >= 0.6 is 0 Å². The van der Waals surface area contributed by atoms with E-state index in [1.807, 2.05) is 0 Å². The number of anilines is 1. The normalized spacial score (nSPS) is 22.4. The van der Waals surface area contributed by atoms with Crippen molar-refractivity contribution in [2.24, 2.45) is 5.41 Å². The predicted octanol–water partition coefficient (Wildman–Crippen LogP) is 1.95. The summed E-state index contributed by atoms with van der Waals surface area (Å²) in [6.07, 6.45) is 6.28. The van der Waals surface area contributed by atoms with Gasteiger partial charge in [0.15, 0.2) is 0 Å². The van der Waals surface area contributed by atoms with Gasteiger partial charge in [-0.1, -0.05) is 3.89 Å². The summed E-state index contributed by atoms with van der Waals surface area (Å²) in [6, 6.07) is 6.26. The molecule has 1 spiro atoms. The quantitative estimate of drug-likeness (QED) is 0.573. The first-order valence-corrected chi connectivity index (χ1v) is 10.1. The minimum atomic E-state index is -5.02. The number of carbonyl (C=O) groups is 2. The molecule has 3 aliphatic rings. The third kappa shape index (κ3) is 3.55. The summed E-state index contributed by atoms with van der Waals surface area (Å²) in [5.74, 6) is -0.491. The molecular formula is C18H19FN2O5S. The first-order chi connectivity index (χ1) is 12.7. The van der Waals surface area contributed by atoms with Gasteiger partial charge >= 0.3 is 10.5 Å². The Bertz CT molecular complexity index is 878. The average Bonchev–Trinajstić information content (AvgIpc) is 2.91. The molecule has 0 radical (unpaired) electrons. The first-order valence-electron chi connectivity index (χ1n) is 8.79. The van der Waals surface area contributed by atoms with Crippen LogP contribution in [0.3, 0.4) is 0 Å². The summed E-state index contributed by atoms with van der Waals surface area (Å²) in [5, 5.41) is 0. The number of benzene rings is 1. The number of piperidine rings is 1. The topological polar surface area (TPSA) is 84.0 Å². The third-order valence-corrected chi connectivity index (χ3v) is 6.16. The van der Waals surface area contributed by atoms with Crippen molar-refractivity contribution in [3.05, 3.63) is 36.4 Å². The monoisotopic (exact) mass is 394 g/mol. The first kappa shape index (κ1) is 18.0. The van der Waals surface area contributed by atoms with Crippen molar-refractivity contribution in [2.45, 2.75) is 31.7 Å². The van der Waals surface area contributed by atoms with Crippen LogP contribution in [-0.2, 0) is 20.1 Å². The summed E-state index contributed by atoms with van der Waals surface area (Å²) in [4.78, 5) is 27.1. The lowest BCUT2D eigenvalue weighted by molar-refractivity contribution is -0.145. The largest absolute Gasteiger partial charge is 0.488 e. The van der Waals surface area contributed by atoms with Gasteiger partial charge in [0.05, 0.1) is 0 Å². The number of amides is 2. The second kappa shape index (κ2) is 6.33. The number of nitrogens with zero attached hydrogens (tertiary/aromatic N) is 2. The molecule has 0 atom stereocenters. The van der Waals surface area contributed by atoms with Gasteiger partial charge in [0.1, 0.15) is 5.75 Å². The number of imide groups is 1. The standard InChI is InChI=1S/C18H19FN2O5S/c19-27(24,25)26-15-3-1-13(2-4-15)20-9-7-18(8-10-20)11-14(12-18)21-16(22)5-6-17(21)23/h1-6,14H,7-12H2. The Labute approximate surface area is 156 Å². The predicted molar refractivity (Wildman–Crippen MR) is 95.0 cm³/mol. The fourth-order valence-electron chi connectivity index (χ4n) is 4.37. The van der Waals surface area contributed by atoms with Gasteiger partial charge in [0, 0.05) is 37.0 Å². The van der Waals surface area contributed by atoms with Gasteiger partial charge in [-0.3, -0.25) is 14.5 Å². The van der Waals surface area contributed by atoms with Gasteiger partial charge < -0.3 is 9.08 Å². The molecule has 27 heavy (non-hydrogen) atoms. The maximum absolute atomic E-state index is 12.5. The molecule has 1 aliphatic carbocycles. The van der Waals surface area contributed by atoms with Crippen LogP contribution in [0.5, 0.6) is 5.75 Å².